The summed E-state index contributed by atoms with van der Waals surface area (Å²) in [5.74, 6) is -1.63. The number of aromatic nitrogens is 3. The lowest BCUT2D eigenvalue weighted by Gasteiger charge is -2.47. The van der Waals surface area contributed by atoms with E-state index in [1.165, 1.54) is 27.3 Å². The molecule has 8 rings (SSSR count). The van der Waals surface area contributed by atoms with Crippen LogP contribution in [-0.4, -0.2) is 136 Å². The van der Waals surface area contributed by atoms with E-state index in [9.17, 15) is 24.0 Å². The fraction of sp³-hybridized carbons (Fsp3) is 0.566. The van der Waals surface area contributed by atoms with Crippen LogP contribution < -0.4 is 10.7 Å². The van der Waals surface area contributed by atoms with Gasteiger partial charge in [0.1, 0.15) is 18.1 Å². The normalized spacial score (nSPS) is 20.4. The Hall–Kier alpha value is -4.25. The summed E-state index contributed by atoms with van der Waals surface area (Å²) in [5.41, 5.74) is 9.41. The quantitative estimate of drug-likeness (QED) is 0.126. The van der Waals surface area contributed by atoms with Gasteiger partial charge in [0.2, 0.25) is 11.8 Å². The number of benzene rings is 1. The molecular weight excluding hydrogens is 1030 g/mol. The monoisotopic (exact) mass is 1110 g/mol. The molecule has 7 heterocycles. The maximum atomic E-state index is 14.7. The Morgan fingerprint density at radius 3 is 2.32 bits per heavy atom. The van der Waals surface area contributed by atoms with Crippen molar-refractivity contribution in [2.75, 3.05) is 53.5 Å². The molecule has 21 heteroatoms. The molecular formula is C53H79N9O7S5. The first-order valence-corrected chi connectivity index (χ1v) is 25.9. The topological polar surface area (TPSA) is 172 Å². The van der Waals surface area contributed by atoms with Gasteiger partial charge in [0, 0.05) is 98.9 Å². The number of hydrogen-bond donors (Lipinski definition) is 2. The molecule has 0 radical (unpaired) electrons. The Balaban J connectivity index is 0.00000296. The van der Waals surface area contributed by atoms with Crippen LogP contribution in [0.4, 0.5) is 4.79 Å². The van der Waals surface area contributed by atoms with Crippen molar-refractivity contribution in [3.8, 4) is 22.5 Å². The van der Waals surface area contributed by atoms with Crippen molar-refractivity contribution in [1.29, 1.82) is 0 Å². The van der Waals surface area contributed by atoms with E-state index in [2.05, 4.69) is 66.9 Å². The van der Waals surface area contributed by atoms with Crippen LogP contribution in [0.25, 0.3) is 33.4 Å². The molecule has 2 N–H and O–H groups in total. The minimum absolute atomic E-state index is 0. The van der Waals surface area contributed by atoms with Gasteiger partial charge in [-0.05, 0) is 106 Å². The van der Waals surface area contributed by atoms with Crippen LogP contribution in [-0.2, 0) is 48.0 Å². The van der Waals surface area contributed by atoms with Gasteiger partial charge in [0.15, 0.2) is 0 Å². The van der Waals surface area contributed by atoms with E-state index in [1.807, 2.05) is 42.0 Å². The summed E-state index contributed by atoms with van der Waals surface area (Å²) in [5, 5.41) is 8.21. The maximum Gasteiger partial charge on any atom is 0.324 e. The minimum atomic E-state index is -1.07. The van der Waals surface area contributed by atoms with Crippen LogP contribution >= 0.6 is 65.3 Å². The number of piperidine rings is 2. The van der Waals surface area contributed by atoms with E-state index in [-0.39, 0.29) is 96.4 Å². The molecule has 1 spiro atoms. The molecule has 3 aromatic heterocycles. The van der Waals surface area contributed by atoms with E-state index in [4.69, 9.17) is 19.4 Å². The summed E-state index contributed by atoms with van der Waals surface area (Å²) in [6.45, 7) is 19.4. The number of cyclic esters (lactones) is 1. The molecule has 4 aromatic rings. The molecule has 0 saturated carbocycles. The molecule has 408 valence electrons. The molecule has 4 aliphatic rings. The van der Waals surface area contributed by atoms with Crippen LogP contribution in [0.1, 0.15) is 102 Å². The van der Waals surface area contributed by atoms with Crippen molar-refractivity contribution in [3.05, 3.63) is 70.8 Å². The second-order valence-corrected chi connectivity index (χ2v) is 21.8. The number of nitrogens with zero attached hydrogens (tertiary/aromatic N) is 7. The highest BCUT2D eigenvalue weighted by Crippen LogP contribution is 2.43. The second-order valence-electron chi connectivity index (χ2n) is 20.9. The minimum Gasteiger partial charge on any atom is -0.464 e. The first-order valence-electron chi connectivity index (χ1n) is 25.0. The number of pyridine rings is 1. The Morgan fingerprint density at radius 2 is 1.69 bits per heavy atom. The fourth-order valence-corrected chi connectivity index (χ4v) is 11.9. The SMILES string of the molecule is C=CC(=O)N1CCC2(CC1)CCN(C(=O)N(C)[C@H](C(=O)N[C@H]1Cc3nc(cs3)-c3ccc4c(c3)c(c(-c3cccnc3[C@H](C)OC)n4CC)CC(C)(C)COC(=O)[C@@H]3CCCN(N3)C1=O)C(C)C)CC2.S.S.S.S. The van der Waals surface area contributed by atoms with E-state index < -0.39 is 41.3 Å². The Kier molecular flexibility index (Phi) is 22.1. The summed E-state index contributed by atoms with van der Waals surface area (Å²) in [4.78, 5) is 84.9. The summed E-state index contributed by atoms with van der Waals surface area (Å²) in [7, 11) is 3.35. The van der Waals surface area contributed by atoms with Gasteiger partial charge in [-0.3, -0.25) is 29.2 Å². The number of hydrogen-bond acceptors (Lipinski definition) is 11. The third-order valence-electron chi connectivity index (χ3n) is 15.2. The van der Waals surface area contributed by atoms with Gasteiger partial charge >= 0.3 is 12.0 Å². The summed E-state index contributed by atoms with van der Waals surface area (Å²) in [6, 6.07) is 7.49. The van der Waals surface area contributed by atoms with Crippen molar-refractivity contribution >= 4 is 106 Å². The van der Waals surface area contributed by atoms with Crippen molar-refractivity contribution in [2.24, 2.45) is 16.7 Å². The van der Waals surface area contributed by atoms with Gasteiger partial charge in [-0.15, -0.1) is 11.3 Å². The van der Waals surface area contributed by atoms with Gasteiger partial charge in [-0.2, -0.15) is 54.0 Å². The number of ether oxygens (including phenoxy) is 2. The molecule has 6 bridgehead atoms. The molecule has 0 unspecified atom stereocenters. The molecule has 4 aliphatic heterocycles. The first kappa shape index (κ1) is 62.3. The van der Waals surface area contributed by atoms with Crippen molar-refractivity contribution < 1.29 is 33.4 Å². The molecule has 0 aliphatic carbocycles. The lowest BCUT2D eigenvalue weighted by Crippen LogP contribution is -2.62. The number of amides is 5. The average Bonchev–Trinajstić information content (AvgIpc) is 3.96. The predicted octanol–water partition coefficient (Wildman–Crippen LogP) is 7.62. The number of aryl methyl sites for hydroxylation is 1. The van der Waals surface area contributed by atoms with Crippen molar-refractivity contribution in [3.63, 3.8) is 0 Å². The molecule has 74 heavy (non-hydrogen) atoms. The molecule has 16 nitrogen and oxygen atoms in total. The number of methoxy groups -OCH3 is 1. The number of rotatable bonds is 9. The Labute approximate surface area is 468 Å². The number of esters is 1. The van der Waals surface area contributed by atoms with E-state index >= 15 is 0 Å². The highest BCUT2D eigenvalue weighted by molar-refractivity contribution is 7.59. The second kappa shape index (κ2) is 26.2. The number of urea groups is 1. The molecule has 3 fully saturated rings. The zero-order valence-electron chi connectivity index (χ0n) is 44.2. The smallest absolute Gasteiger partial charge is 0.324 e. The molecule has 5 amide bonds. The van der Waals surface area contributed by atoms with Gasteiger partial charge < -0.3 is 34.1 Å². The van der Waals surface area contributed by atoms with Gasteiger partial charge in [0.05, 0.1) is 34.8 Å². The number of nitrogens with one attached hydrogen (secondary N) is 2. The van der Waals surface area contributed by atoms with Crippen LogP contribution in [0.15, 0.2) is 54.6 Å². The third kappa shape index (κ3) is 13.1. The number of carbonyl (C=O) groups excluding carboxylic acids is 5. The zero-order chi connectivity index (χ0) is 50.1. The number of fused-ring (bicyclic) bond motifs is 6. The first-order chi connectivity index (χ1) is 33.5. The number of likely N-dealkylation sites (N-methyl/N-ethyl adjacent to an activating group) is 1. The van der Waals surface area contributed by atoms with E-state index in [0.717, 1.165) is 70.4 Å². The highest BCUT2D eigenvalue weighted by Gasteiger charge is 2.42. The zero-order valence-corrected chi connectivity index (χ0v) is 49.0. The van der Waals surface area contributed by atoms with Gasteiger partial charge in [0.25, 0.3) is 5.91 Å². The van der Waals surface area contributed by atoms with Crippen molar-refractivity contribution in [2.45, 2.75) is 124 Å². The molecule has 3 saturated heterocycles. The number of likely N-dealkylation sites (tertiary alicyclic amines) is 2. The fourth-order valence-electron chi connectivity index (χ4n) is 11.1. The largest absolute Gasteiger partial charge is 0.464 e. The van der Waals surface area contributed by atoms with Crippen LogP contribution in [0.5, 0.6) is 0 Å². The summed E-state index contributed by atoms with van der Waals surface area (Å²) >= 11 is 1.42. The Morgan fingerprint density at radius 1 is 1.01 bits per heavy atom. The van der Waals surface area contributed by atoms with Crippen LogP contribution in [0.3, 0.4) is 0 Å². The molecule has 1 aromatic carbocycles. The van der Waals surface area contributed by atoms with Crippen LogP contribution in [0, 0.1) is 16.7 Å². The van der Waals surface area contributed by atoms with E-state index in [1.54, 1.807) is 20.4 Å². The predicted molar refractivity (Wildman–Crippen MR) is 312 cm³/mol. The average molecular weight is 1110 g/mol. The van der Waals surface area contributed by atoms with E-state index in [0.29, 0.717) is 63.5 Å². The number of hydrazine groups is 1. The lowest BCUT2D eigenvalue weighted by molar-refractivity contribution is -0.155. The summed E-state index contributed by atoms with van der Waals surface area (Å²) in [6.07, 6.45) is 8.02. The number of carbonyl (C=O) groups is 5. The number of thiazole rings is 1. The van der Waals surface area contributed by atoms with Gasteiger partial charge in [-0.25, -0.2) is 15.2 Å². The molecule has 4 atom stereocenters. The Bertz CT molecular complexity index is 2620. The standard InChI is InChI=1S/C53H71N9O7S.4H2S/c1-10-44(63)59-24-18-53(19-25-59)20-26-60(27-21-53)51(67)58(8)46(33(3)4)48(64)56-40-29-43-55-41(31-70-43)35-16-17-42-37(28-35)38(47(61(42)11-2)36-14-12-22-54-45(36)34(5)68-9)30-52(6,7)32-69-50(66)39-15-13-23-62(57-39)49(40)65;;;;/h10,12,14,16-17,22,28,31,33-34,39-40,46,57H,1,11,13,15,18-21,23-27,29-30,32H2,2-9H3,(H,56,64);4*1H2/t34-,39-,40-,46-;;;;/m0..../s1. The lowest BCUT2D eigenvalue weighted by atomic mass is 9.71. The van der Waals surface area contributed by atoms with Crippen molar-refractivity contribution in [1.82, 2.24) is 45.0 Å². The van der Waals surface area contributed by atoms with Gasteiger partial charge in [-0.1, -0.05) is 40.3 Å². The maximum absolute atomic E-state index is 14.7. The third-order valence-corrected chi connectivity index (χ3v) is 16.1. The summed E-state index contributed by atoms with van der Waals surface area (Å²) < 4.78 is 14.3. The van der Waals surface area contributed by atoms with Crippen LogP contribution in [0.2, 0.25) is 0 Å². The highest BCUT2D eigenvalue weighted by atomic mass is 32.1.